The van der Waals surface area contributed by atoms with Gasteiger partial charge in [-0.05, 0) is 47.4 Å². The number of aryl methyl sites for hydroxylation is 1. The maximum atomic E-state index is 12.2. The first-order chi connectivity index (χ1) is 18.9. The first-order valence-electron chi connectivity index (χ1n) is 12.1. The van der Waals surface area contributed by atoms with Crippen LogP contribution in [-0.4, -0.2) is 31.7 Å². The molecule has 3 aromatic carbocycles. The Bertz CT molecular complexity index is 1880. The van der Waals surface area contributed by atoms with Crippen LogP contribution in [0.2, 0.25) is 5.02 Å². The van der Waals surface area contributed by atoms with E-state index in [-0.39, 0.29) is 34.8 Å². The molecule has 208 valence electrons. The van der Waals surface area contributed by atoms with Gasteiger partial charge in [-0.1, -0.05) is 54.9 Å². The average molecular weight is 603 g/mol. The van der Waals surface area contributed by atoms with Gasteiger partial charge in [-0.15, -0.1) is 0 Å². The third-order valence-corrected chi connectivity index (χ3v) is 7.97. The van der Waals surface area contributed by atoms with Crippen molar-refractivity contribution in [2.24, 2.45) is 0 Å². The van der Waals surface area contributed by atoms with E-state index in [0.717, 1.165) is 11.1 Å². The Morgan fingerprint density at radius 3 is 2.48 bits per heavy atom. The quantitative estimate of drug-likeness (QED) is 0.221. The van der Waals surface area contributed by atoms with Crippen LogP contribution in [0.3, 0.4) is 0 Å². The van der Waals surface area contributed by atoms with Crippen LogP contribution in [0, 0.1) is 0 Å². The van der Waals surface area contributed by atoms with Crippen molar-refractivity contribution < 1.29 is 39.7 Å². The van der Waals surface area contributed by atoms with Gasteiger partial charge in [0.05, 0.1) is 11.8 Å². The molecule has 40 heavy (non-hydrogen) atoms. The van der Waals surface area contributed by atoms with Gasteiger partial charge in [0.1, 0.15) is 15.8 Å². The van der Waals surface area contributed by atoms with Crippen molar-refractivity contribution in [1.29, 1.82) is 0 Å². The molecule has 10 nitrogen and oxygen atoms in total. The summed E-state index contributed by atoms with van der Waals surface area (Å²) in [6.07, 6.45) is 3.38. The zero-order valence-electron chi connectivity index (χ0n) is 21.0. The number of oxazole rings is 1. The third-order valence-electron chi connectivity index (χ3n) is 6.21. The Morgan fingerprint density at radius 1 is 1.05 bits per heavy atom. The third kappa shape index (κ3) is 5.91. The summed E-state index contributed by atoms with van der Waals surface area (Å²) in [5.74, 6) is -0.448. The number of aromatic nitrogens is 1. The van der Waals surface area contributed by atoms with Crippen LogP contribution in [0.15, 0.2) is 88.7 Å². The molecule has 0 atom stereocenters. The van der Waals surface area contributed by atoms with Crippen LogP contribution in [0.25, 0.3) is 28.3 Å². The number of hydrogen-bond acceptors (Lipinski definition) is 7. The van der Waals surface area contributed by atoms with Gasteiger partial charge < -0.3 is 13.7 Å². The summed E-state index contributed by atoms with van der Waals surface area (Å²) in [7, 11) is -9.30. The van der Waals surface area contributed by atoms with Crippen molar-refractivity contribution in [1.82, 2.24) is 0 Å². The van der Waals surface area contributed by atoms with E-state index < -0.39 is 26.2 Å². The van der Waals surface area contributed by atoms with Crippen LogP contribution >= 0.6 is 11.6 Å². The second-order valence-corrected chi connectivity index (χ2v) is 12.1. The molecule has 0 aliphatic carbocycles. The number of benzene rings is 3. The summed E-state index contributed by atoms with van der Waals surface area (Å²) in [5.41, 5.74) is 3.39. The van der Waals surface area contributed by atoms with E-state index in [4.69, 9.17) is 20.8 Å². The molecular formula is C27H23ClN2O8S2. The normalized spacial score (nSPS) is 15.1. The standard InChI is InChI=1S/C27H23ClN2O8S2/c1-2-18(15-27-30(40(34,35)36)23-17-21(28)9-11-25(23)38-27)14-26-29(12-13-39(31,32)33)22-16-20(8-10-24(22)37-26)19-6-4-3-5-7-19/h3-11,14-17H,2,12-13H2,1H3,(H-,31,32,33,34,35,36). The molecular weight excluding hydrogens is 580 g/mol. The van der Waals surface area contributed by atoms with Crippen molar-refractivity contribution in [3.8, 4) is 16.9 Å². The Kier molecular flexibility index (Phi) is 7.46. The number of nitrogens with zero attached hydrogens (tertiary/aromatic N) is 2. The van der Waals surface area contributed by atoms with Crippen molar-refractivity contribution >= 4 is 54.9 Å². The van der Waals surface area contributed by atoms with Gasteiger partial charge in [-0.3, -0.25) is 4.55 Å². The minimum absolute atomic E-state index is 0.0459. The summed E-state index contributed by atoms with van der Waals surface area (Å²) >= 11 is 6.03. The van der Waals surface area contributed by atoms with Crippen LogP contribution in [0.5, 0.6) is 5.75 Å². The molecule has 5 rings (SSSR count). The van der Waals surface area contributed by atoms with Crippen LogP contribution in [-0.2, 0) is 27.0 Å². The molecule has 0 radical (unpaired) electrons. The molecule has 0 saturated heterocycles. The maximum Gasteiger partial charge on any atom is 0.374 e. The molecule has 1 aliphatic heterocycles. The predicted molar refractivity (Wildman–Crippen MR) is 149 cm³/mol. The van der Waals surface area contributed by atoms with Gasteiger partial charge in [-0.25, -0.2) is 8.42 Å². The zero-order chi connectivity index (χ0) is 28.7. The molecule has 0 bridgehead atoms. The molecule has 2 heterocycles. The highest BCUT2D eigenvalue weighted by atomic mass is 35.5. The highest BCUT2D eigenvalue weighted by molar-refractivity contribution is 7.87. The molecule has 1 N–H and O–H groups in total. The SMILES string of the molecule is CCC(/C=C1\Oc2ccc(Cl)cc2N1S(=O)(=O)O)=C\c1oc2ccc(-c3ccccc3)cc2[n+]1CCS(=O)(=O)[O-]. The number of rotatable bonds is 8. The summed E-state index contributed by atoms with van der Waals surface area (Å²) < 4.78 is 82.8. The molecule has 0 fully saturated rings. The molecule has 13 heteroatoms. The van der Waals surface area contributed by atoms with Gasteiger partial charge in [0, 0.05) is 17.2 Å². The molecule has 0 saturated carbocycles. The molecule has 0 amide bonds. The van der Waals surface area contributed by atoms with E-state index in [2.05, 4.69) is 0 Å². The molecule has 0 unspecified atom stereocenters. The van der Waals surface area contributed by atoms with E-state index in [1.165, 1.54) is 24.3 Å². The van der Waals surface area contributed by atoms with Gasteiger partial charge >= 0.3 is 16.2 Å². The van der Waals surface area contributed by atoms with Crippen molar-refractivity contribution in [2.45, 2.75) is 19.9 Å². The predicted octanol–water partition coefficient (Wildman–Crippen LogP) is 4.92. The van der Waals surface area contributed by atoms with E-state index >= 15 is 0 Å². The minimum atomic E-state index is -4.77. The molecule has 4 aromatic rings. The summed E-state index contributed by atoms with van der Waals surface area (Å²) in [4.78, 5) is 0. The summed E-state index contributed by atoms with van der Waals surface area (Å²) in [6, 6.07) is 19.4. The number of allylic oxidation sites excluding steroid dienone is 2. The fourth-order valence-corrected chi connectivity index (χ4v) is 5.63. The summed E-state index contributed by atoms with van der Waals surface area (Å²) in [6.45, 7) is 1.64. The Hall–Kier alpha value is -3.68. The Balaban J connectivity index is 1.62. The van der Waals surface area contributed by atoms with Crippen LogP contribution in [0.4, 0.5) is 5.69 Å². The van der Waals surface area contributed by atoms with E-state index in [1.807, 2.05) is 49.4 Å². The van der Waals surface area contributed by atoms with Crippen LogP contribution in [0.1, 0.15) is 19.2 Å². The lowest BCUT2D eigenvalue weighted by Gasteiger charge is -2.14. The van der Waals surface area contributed by atoms with E-state index in [1.54, 1.807) is 16.7 Å². The Labute approximate surface area is 236 Å². The topological polar surface area (TPSA) is 141 Å². The smallest absolute Gasteiger partial charge is 0.374 e. The van der Waals surface area contributed by atoms with E-state index in [0.29, 0.717) is 27.4 Å². The number of ether oxygens (including phenoxy) is 1. The first kappa shape index (κ1) is 27.9. The Morgan fingerprint density at radius 2 is 1.80 bits per heavy atom. The van der Waals surface area contributed by atoms with E-state index in [9.17, 15) is 25.9 Å². The van der Waals surface area contributed by atoms with Gasteiger partial charge in [-0.2, -0.15) is 17.3 Å². The lowest BCUT2D eigenvalue weighted by molar-refractivity contribution is -0.673. The lowest BCUT2D eigenvalue weighted by Crippen LogP contribution is -2.38. The first-order valence-corrected chi connectivity index (χ1v) is 15.4. The second-order valence-electron chi connectivity index (χ2n) is 8.91. The summed E-state index contributed by atoms with van der Waals surface area (Å²) in [5, 5.41) is 0.245. The average Bonchev–Trinajstić information content (AvgIpc) is 3.43. The van der Waals surface area contributed by atoms with Crippen LogP contribution < -0.4 is 13.6 Å². The second kappa shape index (κ2) is 10.7. The van der Waals surface area contributed by atoms with Gasteiger partial charge in [0.2, 0.25) is 11.5 Å². The molecule has 0 spiro atoms. The monoisotopic (exact) mass is 602 g/mol. The fraction of sp³-hybridized carbons (Fsp3) is 0.148. The maximum absolute atomic E-state index is 12.2. The molecule has 1 aliphatic rings. The number of halogens is 1. The number of fused-ring (bicyclic) bond motifs is 2. The van der Waals surface area contributed by atoms with Crippen molar-refractivity contribution in [2.75, 3.05) is 10.1 Å². The zero-order valence-corrected chi connectivity index (χ0v) is 23.4. The van der Waals surface area contributed by atoms with Crippen molar-refractivity contribution in [3.05, 3.63) is 95.2 Å². The highest BCUT2D eigenvalue weighted by Gasteiger charge is 2.35. The van der Waals surface area contributed by atoms with Crippen molar-refractivity contribution in [3.63, 3.8) is 0 Å². The fourth-order valence-electron chi connectivity index (χ4n) is 4.35. The number of hydrogen-bond donors (Lipinski definition) is 1. The molecule has 1 aromatic heterocycles. The van der Waals surface area contributed by atoms with Gasteiger partial charge in [0.25, 0.3) is 5.52 Å². The minimum Gasteiger partial charge on any atom is -0.748 e. The lowest BCUT2D eigenvalue weighted by atomic mass is 10.1. The highest BCUT2D eigenvalue weighted by Crippen LogP contribution is 2.42. The largest absolute Gasteiger partial charge is 0.748 e. The number of anilines is 1. The van der Waals surface area contributed by atoms with Gasteiger partial charge in [0.15, 0.2) is 12.3 Å².